The maximum atomic E-state index is 12.4. The number of fused-ring (bicyclic) bond motifs is 1. The Morgan fingerprint density at radius 1 is 0.800 bits per heavy atom. The summed E-state index contributed by atoms with van der Waals surface area (Å²) in [6.45, 7) is 0. The van der Waals surface area contributed by atoms with Crippen LogP contribution in [0.15, 0.2) is 86.1 Å². The van der Waals surface area contributed by atoms with Gasteiger partial charge < -0.3 is 23.3 Å². The number of anilines is 1. The lowest BCUT2D eigenvalue weighted by atomic mass is 10.2. The number of rotatable bonds is 5. The van der Waals surface area contributed by atoms with Crippen molar-refractivity contribution in [1.82, 2.24) is 4.98 Å². The number of oxazole rings is 1. The molecule has 0 radical (unpaired) electrons. The van der Waals surface area contributed by atoms with Gasteiger partial charge in [-0.2, -0.15) is 0 Å². The molecule has 0 unspecified atom stereocenters. The van der Waals surface area contributed by atoms with E-state index in [2.05, 4.69) is 74.0 Å². The molecule has 0 spiro atoms. The van der Waals surface area contributed by atoms with Crippen LogP contribution >= 0.6 is 63.7 Å². The van der Waals surface area contributed by atoms with Gasteiger partial charge in [0.1, 0.15) is 5.52 Å². The van der Waals surface area contributed by atoms with Crippen molar-refractivity contribution in [2.24, 2.45) is 0 Å². The summed E-state index contributed by atoms with van der Waals surface area (Å²) in [5.74, 6) is -0.194. The number of aromatic nitrogens is 1. The van der Waals surface area contributed by atoms with Crippen LogP contribution in [0.4, 0.5) is 5.69 Å². The molecule has 3 aromatic heterocycles. The fourth-order valence-corrected chi connectivity index (χ4v) is 5.07. The second-order valence-electron chi connectivity index (χ2n) is 7.02. The Balaban J connectivity index is 1.38. The van der Waals surface area contributed by atoms with E-state index in [1.807, 2.05) is 0 Å². The maximum Gasteiger partial charge on any atom is 0.379 e. The first-order chi connectivity index (χ1) is 16.8. The standard InChI is InChI=1S/C23H10Br4N2O6/c24-12-7-10(8-13(25)20(12)35-23(31)17-4-6-19(27)33-17)22-29-14-9-11(1-2-15(14)34-22)28-21(30)16-3-5-18(26)32-16/h1-9H,(H,28,30). The van der Waals surface area contributed by atoms with Gasteiger partial charge >= 0.3 is 5.97 Å². The molecular formula is C23H10Br4N2O6. The number of hydrogen-bond acceptors (Lipinski definition) is 7. The quantitative estimate of drug-likeness (QED) is 0.144. The first kappa shape index (κ1) is 24.0. The summed E-state index contributed by atoms with van der Waals surface area (Å²) in [6.07, 6.45) is 0. The Morgan fingerprint density at radius 3 is 2.09 bits per heavy atom. The molecule has 0 atom stereocenters. The second-order valence-corrected chi connectivity index (χ2v) is 10.3. The highest BCUT2D eigenvalue weighted by Gasteiger charge is 2.20. The number of hydrogen-bond donors (Lipinski definition) is 1. The maximum absolute atomic E-state index is 12.4. The van der Waals surface area contributed by atoms with Crippen LogP contribution in [0.2, 0.25) is 0 Å². The molecule has 5 aromatic rings. The molecule has 3 heterocycles. The van der Waals surface area contributed by atoms with Crippen molar-refractivity contribution in [2.75, 3.05) is 5.32 Å². The van der Waals surface area contributed by atoms with E-state index in [0.717, 1.165) is 0 Å². The molecule has 1 amide bonds. The molecule has 0 fully saturated rings. The lowest BCUT2D eigenvalue weighted by molar-refractivity contribution is 0.0697. The van der Waals surface area contributed by atoms with Crippen LogP contribution in [-0.2, 0) is 0 Å². The molecule has 0 saturated heterocycles. The van der Waals surface area contributed by atoms with Gasteiger partial charge in [0.2, 0.25) is 11.7 Å². The first-order valence-corrected chi connectivity index (χ1v) is 12.9. The number of benzene rings is 2. The number of halogens is 4. The van der Waals surface area contributed by atoms with Crippen molar-refractivity contribution < 1.29 is 27.6 Å². The summed E-state index contributed by atoms with van der Waals surface area (Å²) in [4.78, 5) is 29.2. The van der Waals surface area contributed by atoms with Crippen molar-refractivity contribution in [2.45, 2.75) is 0 Å². The van der Waals surface area contributed by atoms with Crippen LogP contribution in [0.1, 0.15) is 21.1 Å². The Hall–Kier alpha value is -2.67. The van der Waals surface area contributed by atoms with Gasteiger partial charge in [0.25, 0.3) is 5.91 Å². The van der Waals surface area contributed by atoms with Crippen LogP contribution in [0, 0.1) is 0 Å². The smallest absolute Gasteiger partial charge is 0.379 e. The van der Waals surface area contributed by atoms with E-state index in [4.69, 9.17) is 18.0 Å². The molecule has 0 aliphatic heterocycles. The first-order valence-electron chi connectivity index (χ1n) is 9.71. The zero-order chi connectivity index (χ0) is 24.7. The fraction of sp³-hybridized carbons (Fsp3) is 0. The van der Waals surface area contributed by atoms with Crippen LogP contribution in [0.5, 0.6) is 5.75 Å². The highest BCUT2D eigenvalue weighted by atomic mass is 79.9. The SMILES string of the molecule is O=C(Nc1ccc2oc(-c3cc(Br)c(OC(=O)c4ccc(Br)o4)c(Br)c3)nc2c1)c1ccc(Br)o1. The monoisotopic (exact) mass is 726 g/mol. The van der Waals surface area contributed by atoms with E-state index in [1.165, 1.54) is 6.07 Å². The minimum Gasteiger partial charge on any atom is -0.444 e. The van der Waals surface area contributed by atoms with Crippen molar-refractivity contribution in [3.05, 3.63) is 84.4 Å². The number of furan rings is 2. The fourth-order valence-electron chi connectivity index (χ4n) is 3.11. The molecule has 1 N–H and O–H groups in total. The summed E-state index contributed by atoms with van der Waals surface area (Å²) in [6, 6.07) is 14.9. The Morgan fingerprint density at radius 2 is 1.46 bits per heavy atom. The topological polar surface area (TPSA) is 108 Å². The van der Waals surface area contributed by atoms with E-state index in [0.29, 0.717) is 46.5 Å². The predicted octanol–water partition coefficient (Wildman–Crippen LogP) is 8.20. The van der Waals surface area contributed by atoms with Crippen molar-refractivity contribution in [3.63, 3.8) is 0 Å². The lowest BCUT2D eigenvalue weighted by Crippen LogP contribution is -2.10. The van der Waals surface area contributed by atoms with Crippen LogP contribution in [-0.4, -0.2) is 16.9 Å². The Kier molecular flexibility index (Phi) is 6.71. The number of nitrogens with one attached hydrogen (secondary N) is 1. The summed E-state index contributed by atoms with van der Waals surface area (Å²) in [7, 11) is 0. The molecule has 0 aliphatic carbocycles. The highest BCUT2D eigenvalue weighted by Crippen LogP contribution is 2.39. The number of carbonyl (C=O) groups is 2. The molecule has 8 nitrogen and oxygen atoms in total. The summed E-state index contributed by atoms with van der Waals surface area (Å²) in [5.41, 5.74) is 2.24. The molecule has 0 aliphatic rings. The molecule has 2 aromatic carbocycles. The van der Waals surface area contributed by atoms with E-state index >= 15 is 0 Å². The number of esters is 1. The number of amides is 1. The van der Waals surface area contributed by atoms with Crippen molar-refractivity contribution >= 4 is 92.4 Å². The van der Waals surface area contributed by atoms with E-state index < -0.39 is 11.9 Å². The van der Waals surface area contributed by atoms with Gasteiger partial charge in [-0.05, 0) is 118 Å². The van der Waals surface area contributed by atoms with Gasteiger partial charge in [0, 0.05) is 11.3 Å². The van der Waals surface area contributed by atoms with Gasteiger partial charge in [-0.25, -0.2) is 9.78 Å². The minimum atomic E-state index is -0.650. The molecule has 0 bridgehead atoms. The van der Waals surface area contributed by atoms with Crippen molar-refractivity contribution in [1.29, 1.82) is 0 Å². The van der Waals surface area contributed by atoms with Gasteiger partial charge in [-0.15, -0.1) is 0 Å². The number of carbonyl (C=O) groups excluding carboxylic acids is 2. The van der Waals surface area contributed by atoms with Gasteiger partial charge in [0.05, 0.1) is 8.95 Å². The van der Waals surface area contributed by atoms with Crippen LogP contribution in [0.3, 0.4) is 0 Å². The summed E-state index contributed by atoms with van der Waals surface area (Å²) >= 11 is 13.2. The summed E-state index contributed by atoms with van der Waals surface area (Å²) in [5, 5.41) is 2.76. The largest absolute Gasteiger partial charge is 0.444 e. The Bertz CT molecular complexity index is 1580. The highest BCUT2D eigenvalue weighted by molar-refractivity contribution is 9.11. The predicted molar refractivity (Wildman–Crippen MR) is 141 cm³/mol. The zero-order valence-corrected chi connectivity index (χ0v) is 23.4. The molecule has 176 valence electrons. The molecule has 12 heteroatoms. The van der Waals surface area contributed by atoms with E-state index in [-0.39, 0.29) is 17.3 Å². The third-order valence-electron chi connectivity index (χ3n) is 4.66. The second kappa shape index (κ2) is 9.76. The molecular weight excluding hydrogens is 720 g/mol. The van der Waals surface area contributed by atoms with Gasteiger partial charge in [0.15, 0.2) is 26.4 Å². The Labute approximate surface area is 230 Å². The third kappa shape index (κ3) is 5.15. The van der Waals surface area contributed by atoms with Gasteiger partial charge in [-0.3, -0.25) is 4.79 Å². The molecule has 5 rings (SSSR count). The average Bonchev–Trinajstić information content (AvgIpc) is 3.55. The van der Waals surface area contributed by atoms with Crippen molar-refractivity contribution in [3.8, 4) is 17.2 Å². The van der Waals surface area contributed by atoms with Gasteiger partial charge in [-0.1, -0.05) is 0 Å². The summed E-state index contributed by atoms with van der Waals surface area (Å²) < 4.78 is 23.7. The minimum absolute atomic E-state index is 0.0567. The number of nitrogens with zero attached hydrogens (tertiary/aromatic N) is 1. The normalized spacial score (nSPS) is 11.1. The van der Waals surface area contributed by atoms with Crippen LogP contribution < -0.4 is 10.1 Å². The van der Waals surface area contributed by atoms with E-state index in [9.17, 15) is 9.59 Å². The van der Waals surface area contributed by atoms with Crippen LogP contribution in [0.25, 0.3) is 22.6 Å². The zero-order valence-electron chi connectivity index (χ0n) is 17.1. The molecule has 35 heavy (non-hydrogen) atoms. The van der Waals surface area contributed by atoms with E-state index in [1.54, 1.807) is 48.5 Å². The molecule has 0 saturated carbocycles. The lowest BCUT2D eigenvalue weighted by Gasteiger charge is -2.09. The average molecular weight is 730 g/mol. The third-order valence-corrected chi connectivity index (χ3v) is 6.69. The number of ether oxygens (including phenoxy) is 1.